The molecule has 108 valence electrons. The smallest absolute Gasteiger partial charge is 0.249 e. The van der Waals surface area contributed by atoms with Gasteiger partial charge < -0.3 is 15.0 Å². The predicted octanol–water partition coefficient (Wildman–Crippen LogP) is 2.10. The van der Waals surface area contributed by atoms with E-state index in [1.807, 2.05) is 19.1 Å². The van der Waals surface area contributed by atoms with E-state index in [1.165, 1.54) is 5.57 Å². The number of nitrogens with zero attached hydrogens (tertiary/aromatic N) is 1. The van der Waals surface area contributed by atoms with E-state index in [2.05, 4.69) is 5.32 Å². The van der Waals surface area contributed by atoms with Crippen LogP contribution < -0.4 is 10.1 Å². The minimum absolute atomic E-state index is 0.0659. The number of hydrogen-bond donors (Lipinski definition) is 1. The van der Waals surface area contributed by atoms with Crippen LogP contribution >= 0.6 is 11.6 Å². The quantitative estimate of drug-likeness (QED) is 0.846. The lowest BCUT2D eigenvalue weighted by atomic mass is 10.0. The lowest BCUT2D eigenvalue weighted by Gasteiger charge is -2.24. The molecule has 2 rings (SSSR count). The van der Waals surface area contributed by atoms with Crippen molar-refractivity contribution in [3.63, 3.8) is 0 Å². The fourth-order valence-electron chi connectivity index (χ4n) is 1.91. The van der Waals surface area contributed by atoms with E-state index < -0.39 is 0 Å². The molecule has 0 aliphatic carbocycles. The van der Waals surface area contributed by atoms with Gasteiger partial charge in [0.25, 0.3) is 0 Å². The molecule has 0 bridgehead atoms. The van der Waals surface area contributed by atoms with E-state index in [0.717, 1.165) is 24.4 Å². The van der Waals surface area contributed by atoms with Crippen LogP contribution in [0.4, 0.5) is 0 Å². The number of ether oxygens (including phenoxy) is 1. The standard InChI is InChI=1S/C15H19ClN2O2/c1-11(12-9-17-10-12)15(19)18(2)6-7-20-14-5-3-4-13(16)8-14/h3-5,8,17H,6-7,9-10H2,1-2H3. The summed E-state index contributed by atoms with van der Waals surface area (Å²) in [5.41, 5.74) is 2.03. The molecular formula is C15H19ClN2O2. The monoisotopic (exact) mass is 294 g/mol. The van der Waals surface area contributed by atoms with Crippen LogP contribution in [0.5, 0.6) is 5.75 Å². The Morgan fingerprint density at radius 3 is 2.80 bits per heavy atom. The highest BCUT2D eigenvalue weighted by atomic mass is 35.5. The highest BCUT2D eigenvalue weighted by Crippen LogP contribution is 2.17. The second kappa shape index (κ2) is 6.77. The van der Waals surface area contributed by atoms with Crippen LogP contribution in [0.1, 0.15) is 6.92 Å². The van der Waals surface area contributed by atoms with Gasteiger partial charge >= 0.3 is 0 Å². The van der Waals surface area contributed by atoms with Crippen LogP contribution in [0.15, 0.2) is 35.4 Å². The first-order valence-electron chi connectivity index (χ1n) is 6.61. The molecule has 1 aromatic carbocycles. The third-order valence-corrected chi connectivity index (χ3v) is 3.60. The van der Waals surface area contributed by atoms with Crippen LogP contribution in [0.25, 0.3) is 0 Å². The third kappa shape index (κ3) is 3.74. The zero-order valence-electron chi connectivity index (χ0n) is 11.8. The molecule has 1 aliphatic heterocycles. The molecule has 0 saturated carbocycles. The maximum absolute atomic E-state index is 12.1. The van der Waals surface area contributed by atoms with E-state index >= 15 is 0 Å². The van der Waals surface area contributed by atoms with Crippen molar-refractivity contribution in [3.05, 3.63) is 40.4 Å². The van der Waals surface area contributed by atoms with Crippen molar-refractivity contribution in [2.24, 2.45) is 0 Å². The molecule has 1 aromatic rings. The SMILES string of the molecule is CC(C(=O)N(C)CCOc1cccc(Cl)c1)=C1CNC1. The summed E-state index contributed by atoms with van der Waals surface area (Å²) in [6, 6.07) is 7.24. The zero-order valence-corrected chi connectivity index (χ0v) is 12.5. The molecule has 0 unspecified atom stereocenters. The molecule has 0 radical (unpaired) electrons. The van der Waals surface area contributed by atoms with Crippen LogP contribution in [0.3, 0.4) is 0 Å². The number of halogens is 1. The largest absolute Gasteiger partial charge is 0.492 e. The fraction of sp³-hybridized carbons (Fsp3) is 0.400. The van der Waals surface area contributed by atoms with Gasteiger partial charge in [0, 0.05) is 30.7 Å². The first-order valence-corrected chi connectivity index (χ1v) is 6.99. The summed E-state index contributed by atoms with van der Waals surface area (Å²) in [6.07, 6.45) is 0. The van der Waals surface area contributed by atoms with Gasteiger partial charge in [-0.15, -0.1) is 0 Å². The number of rotatable bonds is 5. The van der Waals surface area contributed by atoms with E-state index in [9.17, 15) is 4.79 Å². The maximum Gasteiger partial charge on any atom is 0.249 e. The molecule has 1 aliphatic rings. The number of amides is 1. The lowest BCUT2D eigenvalue weighted by molar-refractivity contribution is -0.126. The van der Waals surface area contributed by atoms with Crippen LogP contribution in [0.2, 0.25) is 5.02 Å². The minimum atomic E-state index is 0.0659. The Hall–Kier alpha value is -1.52. The summed E-state index contributed by atoms with van der Waals surface area (Å²) in [5.74, 6) is 0.785. The Labute approximate surface area is 124 Å². The summed E-state index contributed by atoms with van der Waals surface area (Å²) in [4.78, 5) is 13.8. The van der Waals surface area contributed by atoms with Crippen LogP contribution in [-0.4, -0.2) is 44.1 Å². The van der Waals surface area contributed by atoms with Crippen LogP contribution in [-0.2, 0) is 4.79 Å². The maximum atomic E-state index is 12.1. The predicted molar refractivity (Wildman–Crippen MR) is 80.2 cm³/mol. The second-order valence-electron chi connectivity index (χ2n) is 4.86. The van der Waals surface area contributed by atoms with Gasteiger partial charge in [-0.1, -0.05) is 17.7 Å². The Balaban J connectivity index is 1.80. The summed E-state index contributed by atoms with van der Waals surface area (Å²) in [7, 11) is 1.79. The Kier molecular flexibility index (Phi) is 5.04. The Morgan fingerprint density at radius 1 is 1.45 bits per heavy atom. The summed E-state index contributed by atoms with van der Waals surface area (Å²) in [5, 5.41) is 3.78. The van der Waals surface area contributed by atoms with E-state index in [1.54, 1.807) is 24.1 Å². The minimum Gasteiger partial charge on any atom is -0.492 e. The first-order chi connectivity index (χ1) is 9.58. The number of likely N-dealkylation sites (N-methyl/N-ethyl adjacent to an activating group) is 1. The summed E-state index contributed by atoms with van der Waals surface area (Å²) < 4.78 is 5.58. The molecule has 1 N–H and O–H groups in total. The molecule has 0 atom stereocenters. The highest BCUT2D eigenvalue weighted by Gasteiger charge is 2.18. The molecule has 1 amide bonds. The fourth-order valence-corrected chi connectivity index (χ4v) is 2.09. The number of nitrogens with one attached hydrogen (secondary N) is 1. The average Bonchev–Trinajstić information content (AvgIpc) is 2.35. The van der Waals surface area contributed by atoms with Gasteiger partial charge in [-0.25, -0.2) is 0 Å². The second-order valence-corrected chi connectivity index (χ2v) is 5.30. The van der Waals surface area contributed by atoms with Crippen molar-refractivity contribution in [3.8, 4) is 5.75 Å². The van der Waals surface area contributed by atoms with Gasteiger partial charge in [-0.05, 0) is 30.7 Å². The molecule has 20 heavy (non-hydrogen) atoms. The van der Waals surface area contributed by atoms with Gasteiger partial charge in [-0.3, -0.25) is 4.79 Å². The lowest BCUT2D eigenvalue weighted by Crippen LogP contribution is -2.39. The molecule has 1 heterocycles. The van der Waals surface area contributed by atoms with Gasteiger partial charge in [0.1, 0.15) is 12.4 Å². The van der Waals surface area contributed by atoms with Crippen molar-refractivity contribution in [2.75, 3.05) is 33.3 Å². The highest BCUT2D eigenvalue weighted by molar-refractivity contribution is 6.30. The van der Waals surface area contributed by atoms with E-state index in [4.69, 9.17) is 16.3 Å². The van der Waals surface area contributed by atoms with Gasteiger partial charge in [0.15, 0.2) is 0 Å². The average molecular weight is 295 g/mol. The van der Waals surface area contributed by atoms with E-state index in [-0.39, 0.29) is 5.91 Å². The van der Waals surface area contributed by atoms with Gasteiger partial charge in [0.2, 0.25) is 5.91 Å². The van der Waals surface area contributed by atoms with E-state index in [0.29, 0.717) is 18.2 Å². The molecule has 0 aromatic heterocycles. The normalized spacial score (nSPS) is 13.7. The summed E-state index contributed by atoms with van der Waals surface area (Å²) >= 11 is 5.88. The number of carbonyl (C=O) groups excluding carboxylic acids is 1. The summed E-state index contributed by atoms with van der Waals surface area (Å²) in [6.45, 7) is 4.52. The third-order valence-electron chi connectivity index (χ3n) is 3.37. The van der Waals surface area contributed by atoms with Crippen molar-refractivity contribution in [1.29, 1.82) is 0 Å². The van der Waals surface area contributed by atoms with Gasteiger partial charge in [0.05, 0.1) is 6.54 Å². The van der Waals surface area contributed by atoms with Crippen molar-refractivity contribution in [1.82, 2.24) is 10.2 Å². The van der Waals surface area contributed by atoms with Crippen molar-refractivity contribution < 1.29 is 9.53 Å². The molecular weight excluding hydrogens is 276 g/mol. The number of hydrogen-bond acceptors (Lipinski definition) is 3. The topological polar surface area (TPSA) is 41.6 Å². The number of carbonyl (C=O) groups is 1. The zero-order chi connectivity index (χ0) is 14.5. The van der Waals surface area contributed by atoms with Crippen molar-refractivity contribution >= 4 is 17.5 Å². The van der Waals surface area contributed by atoms with Crippen molar-refractivity contribution in [2.45, 2.75) is 6.92 Å². The molecule has 0 spiro atoms. The first kappa shape index (κ1) is 14.9. The van der Waals surface area contributed by atoms with Crippen LogP contribution in [0, 0.1) is 0 Å². The number of benzene rings is 1. The molecule has 1 saturated heterocycles. The Morgan fingerprint density at radius 2 is 2.20 bits per heavy atom. The molecule has 5 heteroatoms. The molecule has 1 fully saturated rings. The Bertz CT molecular complexity index is 522. The molecule has 4 nitrogen and oxygen atoms in total. The van der Waals surface area contributed by atoms with Gasteiger partial charge in [-0.2, -0.15) is 0 Å².